The fourth-order valence-corrected chi connectivity index (χ4v) is 3.78. The molecule has 1 aromatic carbocycles. The number of hydrogen-bond donors (Lipinski definition) is 6. The number of benzene rings is 1. The Morgan fingerprint density at radius 1 is 1.21 bits per heavy atom. The summed E-state index contributed by atoms with van der Waals surface area (Å²) >= 11 is 0. The average Bonchev–Trinajstić information content (AvgIpc) is 3.32. The number of carbonyl (C=O) groups excluding carboxylic acids is 3. The Kier molecular flexibility index (Phi) is 7.36. The van der Waals surface area contributed by atoms with Crippen molar-refractivity contribution in [1.82, 2.24) is 10.6 Å². The molecule has 11 nitrogen and oxygen atoms in total. The molecule has 0 radical (unpaired) electrons. The third-order valence-corrected chi connectivity index (χ3v) is 5.64. The van der Waals surface area contributed by atoms with E-state index in [1.807, 2.05) is 0 Å². The number of aliphatic hydroxyl groups excluding tert-OH is 2. The minimum Gasteiger partial charge on any atom is -0.497 e. The molecule has 1 aromatic heterocycles. The largest absolute Gasteiger partial charge is 0.497 e. The second-order valence-electron chi connectivity index (χ2n) is 8.04. The molecule has 0 aliphatic heterocycles. The van der Waals surface area contributed by atoms with Crippen LogP contribution in [0.2, 0.25) is 0 Å². The van der Waals surface area contributed by atoms with E-state index in [1.54, 1.807) is 24.3 Å². The first-order valence-corrected chi connectivity index (χ1v) is 10.3. The fourth-order valence-electron chi connectivity index (χ4n) is 3.78. The van der Waals surface area contributed by atoms with Gasteiger partial charge in [0, 0.05) is 19.3 Å². The minimum absolute atomic E-state index is 0.0384. The van der Waals surface area contributed by atoms with Gasteiger partial charge in [0.15, 0.2) is 5.76 Å². The lowest BCUT2D eigenvalue weighted by Gasteiger charge is -2.41. The number of aliphatic hydroxyl groups is 3. The lowest BCUT2D eigenvalue weighted by Crippen LogP contribution is -2.64. The van der Waals surface area contributed by atoms with Crippen LogP contribution in [0.15, 0.2) is 47.1 Å². The van der Waals surface area contributed by atoms with Crippen molar-refractivity contribution < 1.29 is 38.9 Å². The lowest BCUT2D eigenvalue weighted by molar-refractivity contribution is -0.159. The van der Waals surface area contributed by atoms with E-state index in [2.05, 4.69) is 10.6 Å². The second kappa shape index (κ2) is 10.0. The van der Waals surface area contributed by atoms with Crippen LogP contribution in [0.5, 0.6) is 5.75 Å². The number of methoxy groups -OCH3 is 1. The standard InChI is InChI=1S/C22H27N3O8/c1-32-13-6-4-12(5-7-13)9-14(19(23)28)25-21(30)22(31)10-15(18(27)16(26)11-22)24-20(29)17-3-2-8-33-17/h2-8,14-16,18,26-27,31H,9-11H2,1H3,(H2,23,28)(H,24,29)(H,25,30). The Balaban J connectivity index is 1.71. The van der Waals surface area contributed by atoms with Crippen molar-refractivity contribution in [2.75, 3.05) is 7.11 Å². The van der Waals surface area contributed by atoms with Crippen molar-refractivity contribution in [3.05, 3.63) is 54.0 Å². The van der Waals surface area contributed by atoms with Crippen molar-refractivity contribution in [3.63, 3.8) is 0 Å². The molecule has 1 aliphatic carbocycles. The Morgan fingerprint density at radius 3 is 2.48 bits per heavy atom. The normalized spacial score (nSPS) is 25.6. The molecule has 7 N–H and O–H groups in total. The zero-order valence-electron chi connectivity index (χ0n) is 17.9. The number of hydrogen-bond acceptors (Lipinski definition) is 8. The Labute approximate surface area is 189 Å². The highest BCUT2D eigenvalue weighted by atomic mass is 16.5. The van der Waals surface area contributed by atoms with E-state index < -0.39 is 60.5 Å². The van der Waals surface area contributed by atoms with E-state index in [-0.39, 0.29) is 12.2 Å². The van der Waals surface area contributed by atoms with Gasteiger partial charge in [-0.05, 0) is 29.8 Å². The van der Waals surface area contributed by atoms with Gasteiger partial charge in [0.2, 0.25) is 5.91 Å². The Hall–Kier alpha value is -3.41. The quantitative estimate of drug-likeness (QED) is 0.284. The van der Waals surface area contributed by atoms with Crippen LogP contribution in [0, 0.1) is 0 Å². The van der Waals surface area contributed by atoms with Gasteiger partial charge in [-0.15, -0.1) is 0 Å². The van der Waals surface area contributed by atoms with Crippen molar-refractivity contribution in [2.24, 2.45) is 5.73 Å². The molecular formula is C22H27N3O8. The lowest BCUT2D eigenvalue weighted by atomic mass is 9.77. The number of furan rings is 1. The van der Waals surface area contributed by atoms with Crippen LogP contribution in [0.4, 0.5) is 0 Å². The summed E-state index contributed by atoms with van der Waals surface area (Å²) in [7, 11) is 1.52. The highest BCUT2D eigenvalue weighted by Gasteiger charge is 2.49. The first-order chi connectivity index (χ1) is 15.6. The van der Waals surface area contributed by atoms with E-state index in [0.29, 0.717) is 11.3 Å². The van der Waals surface area contributed by atoms with Gasteiger partial charge in [0.25, 0.3) is 11.8 Å². The number of nitrogens with two attached hydrogens (primary N) is 1. The highest BCUT2D eigenvalue weighted by molar-refractivity contribution is 5.93. The predicted octanol–water partition coefficient (Wildman–Crippen LogP) is -1.15. The molecule has 1 saturated carbocycles. The number of ether oxygens (including phenoxy) is 1. The first kappa shape index (κ1) is 24.2. The number of primary amides is 1. The van der Waals surface area contributed by atoms with Crippen LogP contribution in [0.3, 0.4) is 0 Å². The minimum atomic E-state index is -2.17. The molecule has 0 spiro atoms. The SMILES string of the molecule is COc1ccc(CC(NC(=O)C2(O)CC(O)C(O)C(NC(=O)c3ccco3)C2)C(N)=O)cc1. The summed E-state index contributed by atoms with van der Waals surface area (Å²) in [5, 5.41) is 36.4. The zero-order valence-corrected chi connectivity index (χ0v) is 17.9. The van der Waals surface area contributed by atoms with Gasteiger partial charge in [0.05, 0.1) is 25.5 Å². The number of amides is 3. The van der Waals surface area contributed by atoms with E-state index in [9.17, 15) is 29.7 Å². The molecule has 1 heterocycles. The molecule has 5 unspecified atom stereocenters. The zero-order chi connectivity index (χ0) is 24.2. The molecule has 1 aliphatic rings. The van der Waals surface area contributed by atoms with Crippen molar-refractivity contribution in [2.45, 2.75) is 49.2 Å². The van der Waals surface area contributed by atoms with Crippen molar-refractivity contribution in [3.8, 4) is 5.75 Å². The summed E-state index contributed by atoms with van der Waals surface area (Å²) in [5.74, 6) is -1.88. The highest BCUT2D eigenvalue weighted by Crippen LogP contribution is 2.30. The van der Waals surface area contributed by atoms with Crippen LogP contribution < -0.4 is 21.1 Å². The molecule has 5 atom stereocenters. The van der Waals surface area contributed by atoms with Crippen LogP contribution in [0.25, 0.3) is 0 Å². The van der Waals surface area contributed by atoms with Gasteiger partial charge >= 0.3 is 0 Å². The molecule has 3 rings (SSSR count). The monoisotopic (exact) mass is 461 g/mol. The smallest absolute Gasteiger partial charge is 0.287 e. The van der Waals surface area contributed by atoms with Crippen LogP contribution in [-0.2, 0) is 16.0 Å². The van der Waals surface area contributed by atoms with E-state index >= 15 is 0 Å². The average molecular weight is 461 g/mol. The molecule has 11 heteroatoms. The maximum atomic E-state index is 12.9. The van der Waals surface area contributed by atoms with E-state index in [0.717, 1.165) is 0 Å². The van der Waals surface area contributed by atoms with Gasteiger partial charge in [0.1, 0.15) is 23.5 Å². The number of carbonyl (C=O) groups is 3. The first-order valence-electron chi connectivity index (χ1n) is 10.3. The molecule has 178 valence electrons. The van der Waals surface area contributed by atoms with Crippen molar-refractivity contribution in [1.29, 1.82) is 0 Å². The molecule has 0 saturated heterocycles. The van der Waals surface area contributed by atoms with Gasteiger partial charge in [-0.25, -0.2) is 0 Å². The molecule has 0 bridgehead atoms. The van der Waals surface area contributed by atoms with Gasteiger partial charge in [-0.1, -0.05) is 12.1 Å². The summed E-state index contributed by atoms with van der Waals surface area (Å²) in [6.07, 6.45) is -2.49. The van der Waals surface area contributed by atoms with Crippen molar-refractivity contribution >= 4 is 17.7 Å². The Bertz CT molecular complexity index is 978. The molecule has 3 amide bonds. The molecule has 33 heavy (non-hydrogen) atoms. The third kappa shape index (κ3) is 5.69. The van der Waals surface area contributed by atoms with Gasteiger partial charge in [-0.3, -0.25) is 14.4 Å². The van der Waals surface area contributed by atoms with Gasteiger partial charge < -0.3 is 40.8 Å². The molecule has 1 fully saturated rings. The third-order valence-electron chi connectivity index (χ3n) is 5.64. The molecule has 2 aromatic rings. The topological polar surface area (TPSA) is 184 Å². The summed E-state index contributed by atoms with van der Waals surface area (Å²) in [5.41, 5.74) is 3.96. The summed E-state index contributed by atoms with van der Waals surface area (Å²) in [4.78, 5) is 37.1. The van der Waals surface area contributed by atoms with Crippen LogP contribution in [0.1, 0.15) is 29.0 Å². The fraction of sp³-hybridized carbons (Fsp3) is 0.409. The Morgan fingerprint density at radius 2 is 1.91 bits per heavy atom. The van der Waals surface area contributed by atoms with Crippen LogP contribution in [-0.4, -0.2) is 70.0 Å². The molecular weight excluding hydrogens is 434 g/mol. The summed E-state index contributed by atoms with van der Waals surface area (Å²) in [6, 6.07) is 7.38. The maximum absolute atomic E-state index is 12.9. The van der Waals surface area contributed by atoms with Gasteiger partial charge in [-0.2, -0.15) is 0 Å². The van der Waals surface area contributed by atoms with Crippen LogP contribution >= 0.6 is 0 Å². The number of rotatable bonds is 8. The summed E-state index contributed by atoms with van der Waals surface area (Å²) in [6.45, 7) is 0. The van der Waals surface area contributed by atoms with E-state index in [4.69, 9.17) is 14.9 Å². The predicted molar refractivity (Wildman–Crippen MR) is 114 cm³/mol. The number of nitrogens with one attached hydrogen (secondary N) is 2. The maximum Gasteiger partial charge on any atom is 0.287 e. The summed E-state index contributed by atoms with van der Waals surface area (Å²) < 4.78 is 10.1. The van der Waals surface area contributed by atoms with E-state index in [1.165, 1.54) is 25.5 Å². The second-order valence-corrected chi connectivity index (χ2v) is 8.04.